The van der Waals surface area contributed by atoms with Gasteiger partial charge in [0.25, 0.3) is 5.56 Å². The van der Waals surface area contributed by atoms with Gasteiger partial charge in [-0.25, -0.2) is 4.98 Å². The normalized spacial score (nSPS) is 18.0. The van der Waals surface area contributed by atoms with Crippen LogP contribution in [0.1, 0.15) is 19.0 Å². The van der Waals surface area contributed by atoms with Gasteiger partial charge in [0.05, 0.1) is 25.6 Å². The third-order valence-corrected chi connectivity index (χ3v) is 3.44. The average molecular weight is 308 g/mol. The number of aromatic amines is 1. The highest BCUT2D eigenvalue weighted by Crippen LogP contribution is 2.11. The summed E-state index contributed by atoms with van der Waals surface area (Å²) in [6.45, 7) is 2.88. The van der Waals surface area contributed by atoms with E-state index in [1.807, 2.05) is 0 Å². The van der Waals surface area contributed by atoms with E-state index in [2.05, 4.69) is 15.3 Å². The summed E-state index contributed by atoms with van der Waals surface area (Å²) in [5.74, 6) is -0.337. The van der Waals surface area contributed by atoms with Gasteiger partial charge < -0.3 is 19.9 Å². The number of hydrogen-bond donors (Lipinski definition) is 2. The zero-order valence-corrected chi connectivity index (χ0v) is 12.5. The number of rotatable bonds is 5. The second-order valence-corrected chi connectivity index (χ2v) is 5.18. The Hall–Kier alpha value is -2.22. The van der Waals surface area contributed by atoms with Crippen LogP contribution in [0.3, 0.4) is 0 Å². The minimum absolute atomic E-state index is 0.0116. The first-order valence-corrected chi connectivity index (χ1v) is 7.22. The second-order valence-electron chi connectivity index (χ2n) is 5.18. The fraction of sp³-hybridized carbons (Fsp3) is 0.571. The largest absolute Gasteiger partial charge is 0.375 e. The summed E-state index contributed by atoms with van der Waals surface area (Å²) in [5.41, 5.74) is 0.524. The first-order chi connectivity index (χ1) is 10.5. The maximum atomic E-state index is 12.0. The van der Waals surface area contributed by atoms with Crippen molar-refractivity contribution in [2.24, 2.45) is 0 Å². The van der Waals surface area contributed by atoms with Gasteiger partial charge in [-0.05, 0) is 12.8 Å². The van der Waals surface area contributed by atoms with Crippen molar-refractivity contribution in [1.29, 1.82) is 0 Å². The summed E-state index contributed by atoms with van der Waals surface area (Å²) in [4.78, 5) is 42.2. The van der Waals surface area contributed by atoms with Gasteiger partial charge in [0.1, 0.15) is 0 Å². The zero-order valence-electron chi connectivity index (χ0n) is 12.5. The van der Waals surface area contributed by atoms with Crippen LogP contribution in [0.5, 0.6) is 0 Å². The number of carbonyl (C=O) groups is 2. The molecule has 1 fully saturated rings. The summed E-state index contributed by atoms with van der Waals surface area (Å²) < 4.78 is 5.64. The minimum Gasteiger partial charge on any atom is -0.375 e. The van der Waals surface area contributed by atoms with Crippen molar-refractivity contribution in [3.63, 3.8) is 0 Å². The highest BCUT2D eigenvalue weighted by molar-refractivity contribution is 5.83. The average Bonchev–Trinajstić information content (AvgIpc) is 2.51. The van der Waals surface area contributed by atoms with Crippen LogP contribution in [0.4, 0.5) is 0 Å². The predicted octanol–water partition coefficient (Wildman–Crippen LogP) is -0.934. The number of aromatic nitrogens is 2. The third kappa shape index (κ3) is 4.96. The molecule has 8 heteroatoms. The van der Waals surface area contributed by atoms with Crippen LogP contribution in [-0.4, -0.2) is 59.0 Å². The lowest BCUT2D eigenvalue weighted by atomic mass is 10.1. The lowest BCUT2D eigenvalue weighted by Gasteiger charge is -2.33. The summed E-state index contributed by atoms with van der Waals surface area (Å²) in [6.07, 6.45) is 2.59. The number of hydrogen-bond acceptors (Lipinski definition) is 5. The van der Waals surface area contributed by atoms with Crippen LogP contribution in [0.15, 0.2) is 17.2 Å². The summed E-state index contributed by atoms with van der Waals surface area (Å²) in [7, 11) is 0. The molecule has 2 heterocycles. The molecule has 0 saturated carbocycles. The Morgan fingerprint density at radius 2 is 2.36 bits per heavy atom. The highest BCUT2D eigenvalue weighted by atomic mass is 16.5. The summed E-state index contributed by atoms with van der Waals surface area (Å²) in [6, 6.07) is 1.46. The molecule has 2 amide bonds. The van der Waals surface area contributed by atoms with E-state index in [9.17, 15) is 14.4 Å². The molecule has 0 aromatic carbocycles. The molecule has 0 radical (unpaired) electrons. The number of nitrogens with zero attached hydrogens (tertiary/aromatic N) is 2. The lowest BCUT2D eigenvalue weighted by Crippen LogP contribution is -2.49. The van der Waals surface area contributed by atoms with E-state index in [1.54, 1.807) is 4.90 Å². The van der Waals surface area contributed by atoms with E-state index in [0.29, 0.717) is 38.2 Å². The Morgan fingerprint density at radius 3 is 3.09 bits per heavy atom. The fourth-order valence-corrected chi connectivity index (χ4v) is 2.29. The van der Waals surface area contributed by atoms with E-state index < -0.39 is 0 Å². The molecule has 2 N–H and O–H groups in total. The van der Waals surface area contributed by atoms with Crippen molar-refractivity contribution in [1.82, 2.24) is 20.2 Å². The maximum absolute atomic E-state index is 12.0. The lowest BCUT2D eigenvalue weighted by molar-refractivity contribution is -0.139. The van der Waals surface area contributed by atoms with Gasteiger partial charge in [0.2, 0.25) is 11.8 Å². The number of carbonyl (C=O) groups excluding carboxylic acids is 2. The first kappa shape index (κ1) is 16.2. The van der Waals surface area contributed by atoms with E-state index in [-0.39, 0.29) is 30.0 Å². The van der Waals surface area contributed by atoms with Crippen LogP contribution in [0, 0.1) is 0 Å². The number of ether oxygens (including phenoxy) is 1. The number of morpholine rings is 1. The summed E-state index contributed by atoms with van der Waals surface area (Å²) >= 11 is 0. The molecule has 1 aromatic heterocycles. The molecule has 22 heavy (non-hydrogen) atoms. The molecular formula is C14H20N4O4. The fourth-order valence-electron chi connectivity index (χ4n) is 2.29. The van der Waals surface area contributed by atoms with Crippen LogP contribution >= 0.6 is 0 Å². The molecule has 1 saturated heterocycles. The predicted molar refractivity (Wildman–Crippen MR) is 78.2 cm³/mol. The van der Waals surface area contributed by atoms with Crippen molar-refractivity contribution < 1.29 is 14.3 Å². The molecule has 2 rings (SSSR count). The number of H-pyrrole nitrogens is 1. The first-order valence-electron chi connectivity index (χ1n) is 7.22. The van der Waals surface area contributed by atoms with Crippen LogP contribution in [0.25, 0.3) is 0 Å². The smallest absolute Gasteiger partial charge is 0.250 e. The number of amides is 2. The molecule has 1 aromatic rings. The van der Waals surface area contributed by atoms with E-state index in [4.69, 9.17) is 4.74 Å². The Labute approximate surface area is 127 Å². The van der Waals surface area contributed by atoms with Crippen molar-refractivity contribution in [3.05, 3.63) is 28.4 Å². The van der Waals surface area contributed by atoms with Gasteiger partial charge in [-0.1, -0.05) is 0 Å². The van der Waals surface area contributed by atoms with Gasteiger partial charge in [-0.3, -0.25) is 14.4 Å². The van der Waals surface area contributed by atoms with E-state index in [1.165, 1.54) is 19.3 Å². The van der Waals surface area contributed by atoms with Gasteiger partial charge >= 0.3 is 0 Å². The maximum Gasteiger partial charge on any atom is 0.250 e. The molecule has 1 aliphatic rings. The van der Waals surface area contributed by atoms with Crippen molar-refractivity contribution in [3.8, 4) is 0 Å². The Morgan fingerprint density at radius 1 is 1.55 bits per heavy atom. The Kier molecular flexibility index (Phi) is 5.65. The minimum atomic E-state index is -0.224. The van der Waals surface area contributed by atoms with Crippen molar-refractivity contribution in [2.75, 3.05) is 26.2 Å². The second kappa shape index (κ2) is 7.69. The van der Waals surface area contributed by atoms with Crippen molar-refractivity contribution >= 4 is 11.8 Å². The molecule has 1 aliphatic heterocycles. The molecule has 0 unspecified atom stereocenters. The summed E-state index contributed by atoms with van der Waals surface area (Å²) in [5, 5.41) is 2.50. The number of aryl methyl sites for hydroxylation is 1. The van der Waals surface area contributed by atoms with Gasteiger partial charge in [-0.15, -0.1) is 0 Å². The molecular weight excluding hydrogens is 288 g/mol. The molecule has 0 spiro atoms. The molecule has 1 atom stereocenters. The monoisotopic (exact) mass is 308 g/mol. The highest BCUT2D eigenvalue weighted by Gasteiger charge is 2.24. The molecule has 120 valence electrons. The standard InChI is InChI=1S/C14H20N4O4/c1-10(19)15-7-14(21)18-4-5-22-12(8-18)3-2-11-6-13(20)17-9-16-11/h6,9,12H,2-5,7-8H2,1H3,(H,15,19)(H,16,17,20)/t12-/m0/s1. The van der Waals surface area contributed by atoms with Gasteiger partial charge in [0, 0.05) is 31.8 Å². The van der Waals surface area contributed by atoms with Gasteiger partial charge in [0.15, 0.2) is 0 Å². The topological polar surface area (TPSA) is 104 Å². The number of nitrogens with one attached hydrogen (secondary N) is 2. The van der Waals surface area contributed by atoms with E-state index >= 15 is 0 Å². The third-order valence-electron chi connectivity index (χ3n) is 3.44. The zero-order chi connectivity index (χ0) is 15.9. The van der Waals surface area contributed by atoms with E-state index in [0.717, 1.165) is 0 Å². The quantitative estimate of drug-likeness (QED) is 0.731. The van der Waals surface area contributed by atoms with Crippen LogP contribution in [0.2, 0.25) is 0 Å². The molecule has 0 bridgehead atoms. The Balaban J connectivity index is 1.81. The van der Waals surface area contributed by atoms with Crippen LogP contribution in [-0.2, 0) is 20.7 Å². The SMILES string of the molecule is CC(=O)NCC(=O)N1CCO[C@@H](CCc2cc(=O)[nH]cn2)C1. The van der Waals surface area contributed by atoms with Crippen LogP contribution < -0.4 is 10.9 Å². The Bertz CT molecular complexity index is 586. The molecule has 0 aliphatic carbocycles. The van der Waals surface area contributed by atoms with Crippen molar-refractivity contribution in [2.45, 2.75) is 25.9 Å². The molecule has 8 nitrogen and oxygen atoms in total. The van der Waals surface area contributed by atoms with Gasteiger partial charge in [-0.2, -0.15) is 0 Å².